The summed E-state index contributed by atoms with van der Waals surface area (Å²) in [5.74, 6) is 0.125. The zero-order chi connectivity index (χ0) is 15.5. The fourth-order valence-corrected chi connectivity index (χ4v) is 3.96. The topological polar surface area (TPSA) is 42.0 Å². The number of likely N-dealkylation sites (tertiary alicyclic amines) is 2. The maximum absolute atomic E-state index is 11.9. The second kappa shape index (κ2) is 7.07. The summed E-state index contributed by atoms with van der Waals surface area (Å²) in [7, 11) is 3.37. The monoisotopic (exact) mass is 298 g/mol. The molecule has 2 aliphatic rings. The molecule has 1 amide bonds. The summed E-state index contributed by atoms with van der Waals surface area (Å²) in [5, 5.41) is 0. The Morgan fingerprint density at radius 3 is 2.43 bits per heavy atom. The highest BCUT2D eigenvalue weighted by molar-refractivity contribution is 5.77. The first kappa shape index (κ1) is 16.7. The van der Waals surface area contributed by atoms with Crippen LogP contribution < -0.4 is 0 Å². The number of piperidine rings is 1. The van der Waals surface area contributed by atoms with E-state index in [2.05, 4.69) is 18.7 Å². The van der Waals surface area contributed by atoms with E-state index in [1.165, 1.54) is 6.42 Å². The van der Waals surface area contributed by atoms with Gasteiger partial charge in [0.05, 0.1) is 6.61 Å². The molecule has 5 nitrogen and oxygen atoms in total. The number of ether oxygens (including phenoxy) is 2. The molecule has 1 unspecified atom stereocenters. The first-order chi connectivity index (χ1) is 10.0. The molecule has 0 radical (unpaired) electrons. The molecule has 1 spiro atoms. The minimum Gasteiger partial charge on any atom is -0.383 e. The van der Waals surface area contributed by atoms with Gasteiger partial charge in [0, 0.05) is 45.9 Å². The lowest BCUT2D eigenvalue weighted by molar-refractivity contribution is -0.137. The van der Waals surface area contributed by atoms with Gasteiger partial charge in [-0.2, -0.15) is 0 Å². The van der Waals surface area contributed by atoms with Crippen LogP contribution in [0.2, 0.25) is 0 Å². The lowest BCUT2D eigenvalue weighted by atomic mass is 9.76. The first-order valence-corrected chi connectivity index (χ1v) is 8.03. The Hall–Kier alpha value is -0.650. The predicted octanol–water partition coefficient (Wildman–Crippen LogP) is 1.37. The molecule has 0 aromatic carbocycles. The Labute approximate surface area is 128 Å². The largest absolute Gasteiger partial charge is 0.383 e. The summed E-state index contributed by atoms with van der Waals surface area (Å²) in [6.45, 7) is 8.42. The zero-order valence-corrected chi connectivity index (χ0v) is 13.9. The first-order valence-electron chi connectivity index (χ1n) is 8.03. The number of rotatable bonds is 5. The van der Waals surface area contributed by atoms with Gasteiger partial charge in [0.1, 0.15) is 6.61 Å². The number of hydrogen-bond acceptors (Lipinski definition) is 4. The molecular formula is C16H30N2O3. The third-order valence-corrected chi connectivity index (χ3v) is 5.12. The van der Waals surface area contributed by atoms with Gasteiger partial charge in [0.25, 0.3) is 0 Å². The van der Waals surface area contributed by atoms with Crippen LogP contribution in [0.5, 0.6) is 0 Å². The van der Waals surface area contributed by atoms with E-state index in [1.54, 1.807) is 14.2 Å². The number of amides is 1. The second-order valence-electron chi connectivity index (χ2n) is 6.89. The normalized spacial score (nSPS) is 26.0. The fraction of sp³-hybridized carbons (Fsp3) is 0.938. The lowest BCUT2D eigenvalue weighted by Crippen LogP contribution is -2.45. The molecule has 2 heterocycles. The molecule has 0 aliphatic carbocycles. The molecule has 0 aromatic heterocycles. The number of nitrogens with zero attached hydrogens (tertiary/aromatic N) is 2. The van der Waals surface area contributed by atoms with Crippen LogP contribution in [0.1, 0.15) is 33.1 Å². The van der Waals surface area contributed by atoms with Gasteiger partial charge in [-0.15, -0.1) is 0 Å². The lowest BCUT2D eigenvalue weighted by Gasteiger charge is -2.39. The van der Waals surface area contributed by atoms with E-state index in [0.717, 1.165) is 39.1 Å². The molecular weight excluding hydrogens is 268 g/mol. The summed E-state index contributed by atoms with van der Waals surface area (Å²) in [6, 6.07) is 1.08. The number of hydrogen-bond donors (Lipinski definition) is 0. The third kappa shape index (κ3) is 3.76. The van der Waals surface area contributed by atoms with E-state index < -0.39 is 0 Å². The maximum atomic E-state index is 11.9. The maximum Gasteiger partial charge on any atom is 0.248 e. The van der Waals surface area contributed by atoms with Crippen LogP contribution in [0.3, 0.4) is 0 Å². The Morgan fingerprint density at radius 2 is 1.90 bits per heavy atom. The molecule has 0 N–H and O–H groups in total. The Kier molecular flexibility index (Phi) is 5.63. The van der Waals surface area contributed by atoms with Gasteiger partial charge >= 0.3 is 0 Å². The third-order valence-electron chi connectivity index (χ3n) is 5.12. The van der Waals surface area contributed by atoms with Crippen molar-refractivity contribution in [2.75, 3.05) is 47.1 Å². The number of methoxy groups -OCH3 is 2. The average molecular weight is 298 g/mol. The van der Waals surface area contributed by atoms with E-state index in [0.29, 0.717) is 17.5 Å². The van der Waals surface area contributed by atoms with Crippen molar-refractivity contribution in [3.63, 3.8) is 0 Å². The van der Waals surface area contributed by atoms with Gasteiger partial charge in [0.2, 0.25) is 5.91 Å². The molecule has 0 bridgehead atoms. The van der Waals surface area contributed by atoms with E-state index >= 15 is 0 Å². The molecule has 5 heteroatoms. The van der Waals surface area contributed by atoms with Crippen molar-refractivity contribution in [2.24, 2.45) is 5.41 Å². The van der Waals surface area contributed by atoms with Crippen molar-refractivity contribution in [3.8, 4) is 0 Å². The molecule has 21 heavy (non-hydrogen) atoms. The summed E-state index contributed by atoms with van der Waals surface area (Å²) in [6.07, 6.45) is 3.41. The standard InChI is InChI=1S/C16H30N2O3/c1-13(2)18-12-16(9-14(18)10-20-3)5-7-17(8-6-16)15(19)11-21-4/h13-14H,5-12H2,1-4H3. The van der Waals surface area contributed by atoms with E-state index in [-0.39, 0.29) is 12.5 Å². The van der Waals surface area contributed by atoms with Crippen molar-refractivity contribution in [1.29, 1.82) is 0 Å². The van der Waals surface area contributed by atoms with E-state index in [4.69, 9.17) is 9.47 Å². The molecule has 122 valence electrons. The van der Waals surface area contributed by atoms with Crippen LogP contribution in [-0.4, -0.2) is 74.9 Å². The molecule has 2 rings (SSSR count). The Bertz CT molecular complexity index is 351. The zero-order valence-electron chi connectivity index (χ0n) is 13.9. The number of carbonyl (C=O) groups is 1. The molecule has 2 aliphatic heterocycles. The van der Waals surface area contributed by atoms with Crippen LogP contribution >= 0.6 is 0 Å². The molecule has 2 fully saturated rings. The second-order valence-corrected chi connectivity index (χ2v) is 6.89. The van der Waals surface area contributed by atoms with Crippen LogP contribution in [0.15, 0.2) is 0 Å². The highest BCUT2D eigenvalue weighted by atomic mass is 16.5. The highest BCUT2D eigenvalue weighted by Crippen LogP contribution is 2.44. The van der Waals surface area contributed by atoms with Crippen molar-refractivity contribution >= 4 is 5.91 Å². The van der Waals surface area contributed by atoms with Crippen LogP contribution in [0.25, 0.3) is 0 Å². The molecule has 0 saturated carbocycles. The van der Waals surface area contributed by atoms with Gasteiger partial charge in [0.15, 0.2) is 0 Å². The molecule has 2 saturated heterocycles. The summed E-state index contributed by atoms with van der Waals surface area (Å²) >= 11 is 0. The Balaban J connectivity index is 1.95. The summed E-state index contributed by atoms with van der Waals surface area (Å²) in [4.78, 5) is 16.4. The highest BCUT2D eigenvalue weighted by Gasteiger charge is 2.46. The van der Waals surface area contributed by atoms with Gasteiger partial charge in [-0.05, 0) is 38.5 Å². The fourth-order valence-electron chi connectivity index (χ4n) is 3.96. The van der Waals surface area contributed by atoms with Gasteiger partial charge < -0.3 is 14.4 Å². The smallest absolute Gasteiger partial charge is 0.248 e. The van der Waals surface area contributed by atoms with Crippen LogP contribution in [0, 0.1) is 5.41 Å². The van der Waals surface area contributed by atoms with E-state index in [1.807, 2.05) is 4.90 Å². The molecule has 1 atom stereocenters. The average Bonchev–Trinajstić information content (AvgIpc) is 2.79. The predicted molar refractivity (Wildman–Crippen MR) is 82.2 cm³/mol. The van der Waals surface area contributed by atoms with Crippen molar-refractivity contribution in [3.05, 3.63) is 0 Å². The van der Waals surface area contributed by atoms with Crippen molar-refractivity contribution in [1.82, 2.24) is 9.80 Å². The Morgan fingerprint density at radius 1 is 1.24 bits per heavy atom. The van der Waals surface area contributed by atoms with Gasteiger partial charge in [-0.25, -0.2) is 0 Å². The summed E-state index contributed by atoms with van der Waals surface area (Å²) in [5.41, 5.74) is 0.372. The van der Waals surface area contributed by atoms with Gasteiger partial charge in [-0.3, -0.25) is 9.69 Å². The molecule has 0 aromatic rings. The van der Waals surface area contributed by atoms with Gasteiger partial charge in [-0.1, -0.05) is 0 Å². The van der Waals surface area contributed by atoms with E-state index in [9.17, 15) is 4.79 Å². The minimum absolute atomic E-state index is 0.125. The van der Waals surface area contributed by atoms with Crippen LogP contribution in [0.4, 0.5) is 0 Å². The minimum atomic E-state index is 0.125. The number of carbonyl (C=O) groups excluding carboxylic acids is 1. The van der Waals surface area contributed by atoms with Crippen LogP contribution in [-0.2, 0) is 14.3 Å². The quantitative estimate of drug-likeness (QED) is 0.769. The SMILES string of the molecule is COCC(=O)N1CCC2(CC1)CC(COC)N(C(C)C)C2. The summed E-state index contributed by atoms with van der Waals surface area (Å²) < 4.78 is 10.4. The van der Waals surface area contributed by atoms with Crippen molar-refractivity contribution < 1.29 is 14.3 Å². The van der Waals surface area contributed by atoms with Crippen molar-refractivity contribution in [2.45, 2.75) is 45.2 Å².